The van der Waals surface area contributed by atoms with Gasteiger partial charge in [0.25, 0.3) is 0 Å². The van der Waals surface area contributed by atoms with Crippen LogP contribution >= 0.6 is 0 Å². The molecule has 0 saturated heterocycles. The summed E-state index contributed by atoms with van der Waals surface area (Å²) in [7, 11) is 0. The van der Waals surface area contributed by atoms with Gasteiger partial charge >= 0.3 is 5.97 Å². The maximum absolute atomic E-state index is 12.3. The van der Waals surface area contributed by atoms with Gasteiger partial charge in [-0.1, -0.05) is 58.1 Å². The van der Waals surface area contributed by atoms with Crippen molar-refractivity contribution in [3.63, 3.8) is 0 Å². The standard InChI is InChI=1S/C24H32O3/c1-3-5-7-9-19-26-22-15-17-23(18-16-22)27-24(25)21-13-11-20(12-14-21)10-8-6-4-2/h11-18H,3-10,19H2,1-2H3. The van der Waals surface area contributed by atoms with Crippen LogP contribution in [0.1, 0.15) is 74.7 Å². The molecule has 2 rings (SSSR count). The Morgan fingerprint density at radius 3 is 2.04 bits per heavy atom. The molecule has 0 radical (unpaired) electrons. The van der Waals surface area contributed by atoms with E-state index in [0.29, 0.717) is 11.3 Å². The quantitative estimate of drug-likeness (QED) is 0.240. The molecule has 2 aromatic rings. The molecule has 0 aromatic heterocycles. The van der Waals surface area contributed by atoms with Gasteiger partial charge in [-0.05, 0) is 61.2 Å². The summed E-state index contributed by atoms with van der Waals surface area (Å²) in [6.45, 7) is 5.12. The highest BCUT2D eigenvalue weighted by molar-refractivity contribution is 5.91. The maximum atomic E-state index is 12.3. The second-order valence-electron chi connectivity index (χ2n) is 6.92. The molecule has 0 aliphatic rings. The molecule has 0 N–H and O–H groups in total. The Bertz CT molecular complexity index is 659. The van der Waals surface area contributed by atoms with Crippen molar-refractivity contribution in [2.45, 2.75) is 65.2 Å². The van der Waals surface area contributed by atoms with Crippen molar-refractivity contribution in [2.75, 3.05) is 6.61 Å². The van der Waals surface area contributed by atoms with Crippen LogP contribution in [0.2, 0.25) is 0 Å². The van der Waals surface area contributed by atoms with Gasteiger partial charge in [-0.2, -0.15) is 0 Å². The van der Waals surface area contributed by atoms with E-state index in [9.17, 15) is 4.79 Å². The molecule has 27 heavy (non-hydrogen) atoms. The number of rotatable bonds is 12. The first-order valence-corrected chi connectivity index (χ1v) is 10.3. The van der Waals surface area contributed by atoms with E-state index >= 15 is 0 Å². The lowest BCUT2D eigenvalue weighted by Gasteiger charge is -2.08. The third-order valence-corrected chi connectivity index (χ3v) is 4.56. The number of esters is 1. The number of ether oxygens (including phenoxy) is 2. The van der Waals surface area contributed by atoms with E-state index in [0.717, 1.165) is 25.2 Å². The first-order valence-electron chi connectivity index (χ1n) is 10.3. The predicted molar refractivity (Wildman–Crippen MR) is 111 cm³/mol. The van der Waals surface area contributed by atoms with Crippen LogP contribution in [0.25, 0.3) is 0 Å². The van der Waals surface area contributed by atoms with E-state index in [-0.39, 0.29) is 5.97 Å². The molecule has 3 nitrogen and oxygen atoms in total. The van der Waals surface area contributed by atoms with Gasteiger partial charge in [-0.3, -0.25) is 0 Å². The number of unbranched alkanes of at least 4 members (excludes halogenated alkanes) is 5. The van der Waals surface area contributed by atoms with E-state index in [1.54, 1.807) is 12.1 Å². The molecular weight excluding hydrogens is 336 g/mol. The van der Waals surface area contributed by atoms with Crippen LogP contribution in [0, 0.1) is 0 Å². The van der Waals surface area contributed by atoms with Crippen molar-refractivity contribution >= 4 is 5.97 Å². The Morgan fingerprint density at radius 1 is 0.741 bits per heavy atom. The third kappa shape index (κ3) is 7.86. The zero-order valence-electron chi connectivity index (χ0n) is 16.7. The van der Waals surface area contributed by atoms with E-state index in [1.807, 2.05) is 36.4 Å². The lowest BCUT2D eigenvalue weighted by Crippen LogP contribution is -2.08. The molecule has 146 valence electrons. The van der Waals surface area contributed by atoms with Crippen molar-refractivity contribution in [3.8, 4) is 11.5 Å². The van der Waals surface area contributed by atoms with Crippen LogP contribution in [0.3, 0.4) is 0 Å². The van der Waals surface area contributed by atoms with Crippen LogP contribution in [0.15, 0.2) is 48.5 Å². The lowest BCUT2D eigenvalue weighted by atomic mass is 10.1. The lowest BCUT2D eigenvalue weighted by molar-refractivity contribution is 0.0734. The minimum Gasteiger partial charge on any atom is -0.494 e. The summed E-state index contributed by atoms with van der Waals surface area (Å²) < 4.78 is 11.2. The molecule has 0 atom stereocenters. The number of hydrogen-bond acceptors (Lipinski definition) is 3. The molecular formula is C24H32O3. The zero-order valence-corrected chi connectivity index (χ0v) is 16.7. The first kappa shape index (κ1) is 21.0. The van der Waals surface area contributed by atoms with Crippen LogP contribution in [0.4, 0.5) is 0 Å². The molecule has 3 heteroatoms. The number of aryl methyl sites for hydroxylation is 1. The topological polar surface area (TPSA) is 35.5 Å². The van der Waals surface area contributed by atoms with Gasteiger partial charge in [-0.25, -0.2) is 4.79 Å². The summed E-state index contributed by atoms with van der Waals surface area (Å²) >= 11 is 0. The Hall–Kier alpha value is -2.29. The SMILES string of the molecule is CCCCCCOc1ccc(OC(=O)c2ccc(CCCCC)cc2)cc1. The second kappa shape index (κ2) is 12.2. The summed E-state index contributed by atoms with van der Waals surface area (Å²) in [4.78, 5) is 12.3. The van der Waals surface area contributed by atoms with Gasteiger partial charge in [0.2, 0.25) is 0 Å². The van der Waals surface area contributed by atoms with Crippen molar-refractivity contribution < 1.29 is 14.3 Å². The Balaban J connectivity index is 1.79. The van der Waals surface area contributed by atoms with Gasteiger partial charge in [0.15, 0.2) is 0 Å². The third-order valence-electron chi connectivity index (χ3n) is 4.56. The fourth-order valence-electron chi connectivity index (χ4n) is 2.88. The average Bonchev–Trinajstić information content (AvgIpc) is 2.70. The van der Waals surface area contributed by atoms with Crippen LogP contribution < -0.4 is 9.47 Å². The number of carbonyl (C=O) groups is 1. The number of hydrogen-bond donors (Lipinski definition) is 0. The summed E-state index contributed by atoms with van der Waals surface area (Å²) in [5, 5.41) is 0. The number of benzene rings is 2. The van der Waals surface area contributed by atoms with E-state index in [4.69, 9.17) is 9.47 Å². The predicted octanol–water partition coefficient (Wildman–Crippen LogP) is 6.60. The van der Waals surface area contributed by atoms with Crippen LogP contribution in [0.5, 0.6) is 11.5 Å². The smallest absolute Gasteiger partial charge is 0.343 e. The van der Waals surface area contributed by atoms with E-state index in [1.165, 1.54) is 44.1 Å². The van der Waals surface area contributed by atoms with Crippen LogP contribution in [-0.4, -0.2) is 12.6 Å². The summed E-state index contributed by atoms with van der Waals surface area (Å²) in [6.07, 6.45) is 9.44. The molecule has 0 aliphatic heterocycles. The Labute approximate surface area is 163 Å². The molecule has 0 fully saturated rings. The van der Waals surface area contributed by atoms with Crippen molar-refractivity contribution in [1.82, 2.24) is 0 Å². The van der Waals surface area contributed by atoms with Gasteiger partial charge in [0, 0.05) is 0 Å². The zero-order chi connectivity index (χ0) is 19.3. The average molecular weight is 369 g/mol. The van der Waals surface area contributed by atoms with Gasteiger partial charge in [-0.15, -0.1) is 0 Å². The molecule has 0 amide bonds. The van der Waals surface area contributed by atoms with Crippen molar-refractivity contribution in [1.29, 1.82) is 0 Å². The minimum atomic E-state index is -0.330. The molecule has 0 spiro atoms. The van der Waals surface area contributed by atoms with Gasteiger partial charge in [0.05, 0.1) is 12.2 Å². The summed E-state index contributed by atoms with van der Waals surface area (Å²) in [6, 6.07) is 15.0. The van der Waals surface area contributed by atoms with Gasteiger partial charge in [0.1, 0.15) is 11.5 Å². The minimum absolute atomic E-state index is 0.330. The van der Waals surface area contributed by atoms with Crippen molar-refractivity contribution in [2.24, 2.45) is 0 Å². The van der Waals surface area contributed by atoms with Crippen molar-refractivity contribution in [3.05, 3.63) is 59.7 Å². The highest BCUT2D eigenvalue weighted by atomic mass is 16.5. The monoisotopic (exact) mass is 368 g/mol. The highest BCUT2D eigenvalue weighted by Crippen LogP contribution is 2.19. The van der Waals surface area contributed by atoms with E-state index in [2.05, 4.69) is 13.8 Å². The fraction of sp³-hybridized carbons (Fsp3) is 0.458. The molecule has 0 unspecified atom stereocenters. The Morgan fingerprint density at radius 2 is 1.37 bits per heavy atom. The maximum Gasteiger partial charge on any atom is 0.343 e. The van der Waals surface area contributed by atoms with E-state index < -0.39 is 0 Å². The molecule has 0 bridgehead atoms. The highest BCUT2D eigenvalue weighted by Gasteiger charge is 2.09. The number of carbonyl (C=O) groups excluding carboxylic acids is 1. The molecule has 2 aromatic carbocycles. The van der Waals surface area contributed by atoms with Crippen LogP contribution in [-0.2, 0) is 6.42 Å². The Kier molecular flexibility index (Phi) is 9.47. The largest absolute Gasteiger partial charge is 0.494 e. The molecule has 0 saturated carbocycles. The molecule has 0 aliphatic carbocycles. The summed E-state index contributed by atoms with van der Waals surface area (Å²) in [5.41, 5.74) is 1.84. The molecule has 0 heterocycles. The normalized spacial score (nSPS) is 10.6. The second-order valence-corrected chi connectivity index (χ2v) is 6.92. The fourth-order valence-corrected chi connectivity index (χ4v) is 2.88. The first-order chi connectivity index (χ1) is 13.2. The van der Waals surface area contributed by atoms with Gasteiger partial charge < -0.3 is 9.47 Å². The summed E-state index contributed by atoms with van der Waals surface area (Å²) in [5.74, 6) is 1.01.